The molecular weight excluding hydrogens is 266 g/mol. The van der Waals surface area contributed by atoms with E-state index in [1.54, 1.807) is 6.92 Å². The van der Waals surface area contributed by atoms with Gasteiger partial charge in [0.2, 0.25) is 0 Å². The molecule has 1 aliphatic heterocycles. The molecule has 1 aromatic rings. The first kappa shape index (κ1) is 15.8. The smallest absolute Gasteiger partial charge is 0.325 e. The van der Waals surface area contributed by atoms with E-state index in [1.807, 2.05) is 6.07 Å². The van der Waals surface area contributed by atoms with Gasteiger partial charge in [0.15, 0.2) is 0 Å². The van der Waals surface area contributed by atoms with E-state index in [9.17, 15) is 4.79 Å². The van der Waals surface area contributed by atoms with Crippen LogP contribution in [0.15, 0.2) is 30.3 Å². The maximum atomic E-state index is 11.6. The molecule has 1 fully saturated rings. The lowest BCUT2D eigenvalue weighted by Crippen LogP contribution is -2.51. The summed E-state index contributed by atoms with van der Waals surface area (Å²) in [5, 5.41) is 0. The Kier molecular flexibility index (Phi) is 5.20. The second-order valence-electron chi connectivity index (χ2n) is 5.82. The monoisotopic (exact) mass is 291 g/mol. The van der Waals surface area contributed by atoms with Crippen molar-refractivity contribution in [2.75, 3.05) is 44.7 Å². The Morgan fingerprint density at radius 1 is 1.24 bits per heavy atom. The van der Waals surface area contributed by atoms with Crippen molar-refractivity contribution in [2.45, 2.75) is 18.9 Å². The predicted molar refractivity (Wildman–Crippen MR) is 84.3 cm³/mol. The Balaban J connectivity index is 1.78. The number of hydrogen-bond acceptors (Lipinski definition) is 5. The summed E-state index contributed by atoms with van der Waals surface area (Å²) in [5.41, 5.74) is 6.37. The summed E-state index contributed by atoms with van der Waals surface area (Å²) in [5.74, 6) is -0.342. The zero-order valence-electron chi connectivity index (χ0n) is 12.9. The van der Waals surface area contributed by atoms with E-state index in [0.29, 0.717) is 6.42 Å². The molecule has 2 rings (SSSR count). The maximum Gasteiger partial charge on any atom is 0.325 e. The molecule has 1 atom stereocenters. The van der Waals surface area contributed by atoms with Gasteiger partial charge in [-0.3, -0.25) is 9.69 Å². The van der Waals surface area contributed by atoms with E-state index in [0.717, 1.165) is 32.7 Å². The number of anilines is 1. The number of rotatable bonds is 5. The van der Waals surface area contributed by atoms with Gasteiger partial charge in [-0.05, 0) is 25.5 Å². The molecule has 1 aromatic carbocycles. The molecular formula is C16H25N3O2. The standard InChI is InChI=1S/C16H25N3O2/c1-16(17,15(20)21-2)8-9-18-10-12-19(13-11-18)14-6-4-3-5-7-14/h3-7H,8-13,17H2,1-2H3. The molecule has 0 radical (unpaired) electrons. The molecule has 21 heavy (non-hydrogen) atoms. The predicted octanol–water partition coefficient (Wildman–Crippen LogP) is 1.09. The number of para-hydroxylation sites is 1. The van der Waals surface area contributed by atoms with Crippen molar-refractivity contribution in [3.8, 4) is 0 Å². The second-order valence-corrected chi connectivity index (χ2v) is 5.82. The second kappa shape index (κ2) is 6.91. The first-order valence-corrected chi connectivity index (χ1v) is 7.42. The summed E-state index contributed by atoms with van der Waals surface area (Å²) in [6.07, 6.45) is 0.616. The average molecular weight is 291 g/mol. The molecule has 0 amide bonds. The molecule has 0 bridgehead atoms. The number of nitrogens with two attached hydrogens (primary N) is 1. The van der Waals surface area contributed by atoms with Gasteiger partial charge in [0.25, 0.3) is 0 Å². The van der Waals surface area contributed by atoms with Gasteiger partial charge in [-0.2, -0.15) is 0 Å². The number of nitrogens with zero attached hydrogens (tertiary/aromatic N) is 2. The number of benzene rings is 1. The average Bonchev–Trinajstić information content (AvgIpc) is 2.53. The quantitative estimate of drug-likeness (QED) is 0.823. The molecule has 116 valence electrons. The van der Waals surface area contributed by atoms with Crippen molar-refractivity contribution in [1.82, 2.24) is 4.90 Å². The third kappa shape index (κ3) is 4.19. The summed E-state index contributed by atoms with van der Waals surface area (Å²) < 4.78 is 4.74. The van der Waals surface area contributed by atoms with Crippen LogP contribution in [0.2, 0.25) is 0 Å². The fourth-order valence-electron chi connectivity index (χ4n) is 2.59. The Hall–Kier alpha value is -1.59. The molecule has 0 saturated carbocycles. The van der Waals surface area contributed by atoms with Crippen LogP contribution in [0.1, 0.15) is 13.3 Å². The number of piperazine rings is 1. The highest BCUT2D eigenvalue weighted by Crippen LogP contribution is 2.16. The highest BCUT2D eigenvalue weighted by molar-refractivity contribution is 5.79. The molecule has 0 aromatic heterocycles. The van der Waals surface area contributed by atoms with Crippen LogP contribution < -0.4 is 10.6 Å². The minimum atomic E-state index is -0.898. The highest BCUT2D eigenvalue weighted by atomic mass is 16.5. The van der Waals surface area contributed by atoms with Gasteiger partial charge in [0, 0.05) is 38.4 Å². The van der Waals surface area contributed by atoms with Gasteiger partial charge in [-0.25, -0.2) is 0 Å². The first-order chi connectivity index (χ1) is 10.0. The van der Waals surface area contributed by atoms with E-state index in [2.05, 4.69) is 34.1 Å². The third-order valence-electron chi connectivity index (χ3n) is 4.09. The minimum absolute atomic E-state index is 0.342. The van der Waals surface area contributed by atoms with Crippen LogP contribution in [0.4, 0.5) is 5.69 Å². The van der Waals surface area contributed by atoms with E-state index >= 15 is 0 Å². The number of ether oxygens (including phenoxy) is 1. The molecule has 1 saturated heterocycles. The first-order valence-electron chi connectivity index (χ1n) is 7.42. The van der Waals surface area contributed by atoms with Crippen molar-refractivity contribution >= 4 is 11.7 Å². The summed E-state index contributed by atoms with van der Waals surface area (Å²) in [6.45, 7) is 6.55. The van der Waals surface area contributed by atoms with Crippen molar-refractivity contribution in [1.29, 1.82) is 0 Å². The third-order valence-corrected chi connectivity index (χ3v) is 4.09. The van der Waals surface area contributed by atoms with E-state index < -0.39 is 5.54 Å². The van der Waals surface area contributed by atoms with Crippen LogP contribution in [0.3, 0.4) is 0 Å². The summed E-state index contributed by atoms with van der Waals surface area (Å²) in [6, 6.07) is 10.5. The number of hydrogen-bond donors (Lipinski definition) is 1. The van der Waals surface area contributed by atoms with Gasteiger partial charge in [-0.1, -0.05) is 18.2 Å². The molecule has 1 aliphatic rings. The van der Waals surface area contributed by atoms with Crippen molar-refractivity contribution < 1.29 is 9.53 Å². The van der Waals surface area contributed by atoms with Crippen LogP contribution >= 0.6 is 0 Å². The van der Waals surface area contributed by atoms with Gasteiger partial charge >= 0.3 is 5.97 Å². The van der Waals surface area contributed by atoms with E-state index in [1.165, 1.54) is 12.8 Å². The summed E-state index contributed by atoms with van der Waals surface area (Å²) in [4.78, 5) is 16.3. The van der Waals surface area contributed by atoms with Crippen LogP contribution in [-0.2, 0) is 9.53 Å². The van der Waals surface area contributed by atoms with E-state index in [4.69, 9.17) is 10.5 Å². The largest absolute Gasteiger partial charge is 0.468 e. The molecule has 0 aliphatic carbocycles. The van der Waals surface area contributed by atoms with Crippen LogP contribution in [-0.4, -0.2) is 56.2 Å². The van der Waals surface area contributed by atoms with Gasteiger partial charge in [0.05, 0.1) is 7.11 Å². The Labute approximate surface area is 126 Å². The SMILES string of the molecule is COC(=O)C(C)(N)CCN1CCN(c2ccccc2)CC1. The van der Waals surface area contributed by atoms with Crippen molar-refractivity contribution in [3.05, 3.63) is 30.3 Å². The molecule has 5 nitrogen and oxygen atoms in total. The Bertz CT molecular complexity index is 454. The zero-order chi connectivity index (χ0) is 15.3. The molecule has 2 N–H and O–H groups in total. The van der Waals surface area contributed by atoms with Crippen LogP contribution in [0, 0.1) is 0 Å². The number of carbonyl (C=O) groups is 1. The molecule has 5 heteroatoms. The lowest BCUT2D eigenvalue weighted by Gasteiger charge is -2.37. The van der Waals surface area contributed by atoms with Gasteiger partial charge in [-0.15, -0.1) is 0 Å². The highest BCUT2D eigenvalue weighted by Gasteiger charge is 2.30. The van der Waals surface area contributed by atoms with Crippen LogP contribution in [0.25, 0.3) is 0 Å². The molecule has 1 unspecified atom stereocenters. The number of esters is 1. The fourth-order valence-corrected chi connectivity index (χ4v) is 2.59. The number of methoxy groups -OCH3 is 1. The van der Waals surface area contributed by atoms with Gasteiger partial charge < -0.3 is 15.4 Å². The maximum absolute atomic E-state index is 11.6. The summed E-state index contributed by atoms with van der Waals surface area (Å²) in [7, 11) is 1.38. The minimum Gasteiger partial charge on any atom is -0.468 e. The van der Waals surface area contributed by atoms with Gasteiger partial charge in [0.1, 0.15) is 5.54 Å². The van der Waals surface area contributed by atoms with Crippen LogP contribution in [0.5, 0.6) is 0 Å². The normalized spacial score (nSPS) is 19.1. The molecule has 1 heterocycles. The summed E-state index contributed by atoms with van der Waals surface area (Å²) >= 11 is 0. The topological polar surface area (TPSA) is 58.8 Å². The zero-order valence-corrected chi connectivity index (χ0v) is 12.9. The molecule has 0 spiro atoms. The van der Waals surface area contributed by atoms with E-state index in [-0.39, 0.29) is 5.97 Å². The van der Waals surface area contributed by atoms with Crippen molar-refractivity contribution in [3.63, 3.8) is 0 Å². The Morgan fingerprint density at radius 3 is 2.43 bits per heavy atom. The number of carbonyl (C=O) groups excluding carboxylic acids is 1. The Morgan fingerprint density at radius 2 is 1.86 bits per heavy atom. The lowest BCUT2D eigenvalue weighted by atomic mass is 9.99. The van der Waals surface area contributed by atoms with Crippen molar-refractivity contribution in [2.24, 2.45) is 5.73 Å². The fraction of sp³-hybridized carbons (Fsp3) is 0.562. The lowest BCUT2D eigenvalue weighted by molar-refractivity contribution is -0.146.